The van der Waals surface area contributed by atoms with E-state index in [9.17, 15) is 15.2 Å². The molecule has 2 aromatic rings. The third-order valence-electron chi connectivity index (χ3n) is 8.10. The molecule has 1 aliphatic carbocycles. The number of halogens is 1. The molecule has 2 fully saturated rings. The summed E-state index contributed by atoms with van der Waals surface area (Å²) in [6, 6.07) is 4.48. The van der Waals surface area contributed by atoms with Crippen molar-refractivity contribution in [2.45, 2.75) is 43.6 Å². The largest absolute Gasteiger partial charge is 0.383 e. The van der Waals surface area contributed by atoms with Gasteiger partial charge < -0.3 is 29.5 Å². The van der Waals surface area contributed by atoms with Gasteiger partial charge in [-0.2, -0.15) is 5.26 Å². The van der Waals surface area contributed by atoms with E-state index in [-0.39, 0.29) is 24.5 Å². The van der Waals surface area contributed by atoms with Crippen LogP contribution in [0.25, 0.3) is 0 Å². The maximum atomic E-state index is 16.1. The number of carbonyl (C=O) groups is 1. The molecule has 1 unspecified atom stereocenters. The van der Waals surface area contributed by atoms with E-state index in [0.29, 0.717) is 60.9 Å². The van der Waals surface area contributed by atoms with E-state index < -0.39 is 30.3 Å². The first kappa shape index (κ1) is 30.0. The van der Waals surface area contributed by atoms with Gasteiger partial charge in [-0.15, -0.1) is 0 Å². The molecule has 3 N–H and O–H groups in total. The molecule has 4 aliphatic rings. The molecule has 3 aliphatic heterocycles. The zero-order valence-electron chi connectivity index (χ0n) is 24.3. The molecule has 1 atom stereocenters. The van der Waals surface area contributed by atoms with Crippen molar-refractivity contribution in [3.63, 3.8) is 0 Å². The normalized spacial score (nSPS) is 23.7. The van der Waals surface area contributed by atoms with Crippen LogP contribution < -0.4 is 15.5 Å². The van der Waals surface area contributed by atoms with Crippen LogP contribution in [0, 0.1) is 11.3 Å². The summed E-state index contributed by atoms with van der Waals surface area (Å²) in [4.78, 5) is 28.1. The Morgan fingerprint density at radius 1 is 1.29 bits per heavy atom. The van der Waals surface area contributed by atoms with Crippen LogP contribution in [0.3, 0.4) is 0 Å². The molecule has 14 heteroatoms. The molecule has 1 saturated heterocycles. The first-order valence-corrected chi connectivity index (χ1v) is 13.8. The highest BCUT2D eigenvalue weighted by molar-refractivity contribution is 6.03. The lowest BCUT2D eigenvalue weighted by Gasteiger charge is -2.52. The number of aromatic nitrogens is 2. The predicted octanol–water partition coefficient (Wildman–Crippen LogP) is 2.14. The first-order chi connectivity index (χ1) is 20.2. The van der Waals surface area contributed by atoms with Crippen LogP contribution in [0.5, 0.6) is 0 Å². The standard InChI is InChI=1S/C28H37FN8O5/c1-35-6-7-36(23(38)16-35)15-17-9-20-25(34-24(17)26(41-3)42-4)37(19-11-28(20,29)12-19)27(39)33-22-10-21(31-5-8-40-2)18(13-30)14-32-22/h9-10,14,19,23,26,38H,5-8,11-12,15-16H2,1-4H3,(H2,31,32,33,39). The highest BCUT2D eigenvalue weighted by atomic mass is 19.1. The van der Waals surface area contributed by atoms with Crippen LogP contribution in [-0.4, -0.2) is 104 Å². The summed E-state index contributed by atoms with van der Waals surface area (Å²) in [7, 11) is 6.49. The fourth-order valence-corrected chi connectivity index (χ4v) is 5.80. The van der Waals surface area contributed by atoms with Gasteiger partial charge in [0.15, 0.2) is 0 Å². The Kier molecular flexibility index (Phi) is 8.88. The van der Waals surface area contributed by atoms with Gasteiger partial charge in [0.25, 0.3) is 0 Å². The SMILES string of the molecule is COCCNc1cc(NC(=O)N2c3nc(C(OC)OC)c(CN4CCN(C)CC4O)cc3C3(F)CC2C3)ncc1C#N. The number of likely N-dealkylation sites (N-methyl/N-ethyl adjacent to an activating group) is 1. The average molecular weight is 585 g/mol. The lowest BCUT2D eigenvalue weighted by atomic mass is 9.68. The molecule has 2 amide bonds. The second-order valence-corrected chi connectivity index (χ2v) is 10.9. The smallest absolute Gasteiger partial charge is 0.328 e. The summed E-state index contributed by atoms with van der Waals surface area (Å²) in [5.41, 5.74) is 0.609. The number of rotatable bonds is 10. The summed E-state index contributed by atoms with van der Waals surface area (Å²) in [6.07, 6.45) is 0.109. The van der Waals surface area contributed by atoms with Crippen LogP contribution in [0.2, 0.25) is 0 Å². The number of pyridine rings is 2. The number of amides is 2. The van der Waals surface area contributed by atoms with Crippen molar-refractivity contribution in [2.24, 2.45) is 0 Å². The van der Waals surface area contributed by atoms with Crippen LogP contribution in [0.15, 0.2) is 18.3 Å². The van der Waals surface area contributed by atoms with Crippen LogP contribution in [0.4, 0.5) is 26.5 Å². The molecule has 226 valence electrons. The predicted molar refractivity (Wildman–Crippen MR) is 152 cm³/mol. The zero-order chi connectivity index (χ0) is 30.0. The molecule has 5 heterocycles. The van der Waals surface area contributed by atoms with Crippen molar-refractivity contribution in [3.05, 3.63) is 40.7 Å². The van der Waals surface area contributed by atoms with Crippen molar-refractivity contribution >= 4 is 23.4 Å². The second-order valence-electron chi connectivity index (χ2n) is 10.9. The molecule has 0 radical (unpaired) electrons. The number of β-amino-alcohol motifs (C(OH)–C–C–N with tert-alkyl or cyclic N) is 1. The maximum Gasteiger partial charge on any atom is 0.328 e. The Labute approximate surface area is 244 Å². The molecule has 0 aromatic carbocycles. The summed E-state index contributed by atoms with van der Waals surface area (Å²) in [5.74, 6) is 0.422. The molecule has 1 saturated carbocycles. The first-order valence-electron chi connectivity index (χ1n) is 13.8. The lowest BCUT2D eigenvalue weighted by Crippen LogP contribution is -2.60. The highest BCUT2D eigenvalue weighted by Gasteiger charge is 2.57. The summed E-state index contributed by atoms with van der Waals surface area (Å²) >= 11 is 0. The minimum Gasteiger partial charge on any atom is -0.383 e. The summed E-state index contributed by atoms with van der Waals surface area (Å²) < 4.78 is 32.2. The number of nitrogens with one attached hydrogen (secondary N) is 2. The van der Waals surface area contributed by atoms with Gasteiger partial charge >= 0.3 is 6.03 Å². The Balaban J connectivity index is 1.47. The molecule has 13 nitrogen and oxygen atoms in total. The van der Waals surface area contributed by atoms with Crippen LogP contribution in [0.1, 0.15) is 41.5 Å². The number of carbonyl (C=O) groups excluding carboxylic acids is 1. The van der Waals surface area contributed by atoms with Crippen molar-refractivity contribution in [1.29, 1.82) is 5.26 Å². The molecule has 42 heavy (non-hydrogen) atoms. The Morgan fingerprint density at radius 2 is 2.05 bits per heavy atom. The van der Waals surface area contributed by atoms with Gasteiger partial charge in [-0.1, -0.05) is 0 Å². The van der Waals surface area contributed by atoms with E-state index in [2.05, 4.69) is 21.7 Å². The van der Waals surface area contributed by atoms with E-state index in [1.54, 1.807) is 19.2 Å². The number of nitriles is 1. The number of methoxy groups -OCH3 is 3. The van der Waals surface area contributed by atoms with E-state index in [4.69, 9.17) is 19.2 Å². The number of aliphatic hydroxyl groups is 1. The van der Waals surface area contributed by atoms with Gasteiger partial charge in [0.1, 0.15) is 35.3 Å². The lowest BCUT2D eigenvalue weighted by molar-refractivity contribution is -0.110. The number of hydrogen-bond donors (Lipinski definition) is 3. The number of alkyl halides is 1. The van der Waals surface area contributed by atoms with E-state index >= 15 is 4.39 Å². The van der Waals surface area contributed by atoms with E-state index in [1.165, 1.54) is 25.3 Å². The van der Waals surface area contributed by atoms with E-state index in [0.717, 1.165) is 6.54 Å². The Hall–Kier alpha value is -3.45. The molecule has 0 spiro atoms. The quantitative estimate of drug-likeness (QED) is 0.279. The Bertz CT molecular complexity index is 1350. The minimum absolute atomic E-state index is 0.146. The van der Waals surface area contributed by atoms with Gasteiger partial charge in [0.2, 0.25) is 6.29 Å². The number of aliphatic hydroxyl groups excluding tert-OH is 1. The van der Waals surface area contributed by atoms with Crippen molar-refractivity contribution in [3.8, 4) is 6.07 Å². The van der Waals surface area contributed by atoms with Gasteiger partial charge in [-0.05, 0) is 18.7 Å². The third-order valence-corrected chi connectivity index (χ3v) is 8.10. The molecular weight excluding hydrogens is 547 g/mol. The number of nitrogens with zero attached hydrogens (tertiary/aromatic N) is 6. The molecule has 6 rings (SSSR count). The van der Waals surface area contributed by atoms with Crippen molar-refractivity contribution < 1.29 is 28.5 Å². The van der Waals surface area contributed by atoms with Gasteiger partial charge in [0, 0.05) is 90.8 Å². The topological polar surface area (TPSA) is 148 Å². The number of anilines is 3. The summed E-state index contributed by atoms with van der Waals surface area (Å²) in [5, 5.41) is 26.0. The Morgan fingerprint density at radius 3 is 2.71 bits per heavy atom. The third kappa shape index (κ3) is 5.76. The average Bonchev–Trinajstić information content (AvgIpc) is 2.95. The highest BCUT2D eigenvalue weighted by Crippen LogP contribution is 2.56. The number of hydrogen-bond acceptors (Lipinski definition) is 11. The maximum absolute atomic E-state index is 16.1. The minimum atomic E-state index is -1.61. The monoisotopic (exact) mass is 584 g/mol. The number of piperazine rings is 1. The fraction of sp³-hybridized carbons (Fsp3) is 0.571. The fourth-order valence-electron chi connectivity index (χ4n) is 5.80. The van der Waals surface area contributed by atoms with Crippen LogP contribution >= 0.6 is 0 Å². The van der Waals surface area contributed by atoms with E-state index in [1.807, 2.05) is 16.8 Å². The summed E-state index contributed by atoms with van der Waals surface area (Å²) in [6.45, 7) is 3.09. The number of ether oxygens (including phenoxy) is 3. The van der Waals surface area contributed by atoms with Gasteiger partial charge in [-0.3, -0.25) is 15.1 Å². The van der Waals surface area contributed by atoms with Crippen LogP contribution in [-0.2, 0) is 26.4 Å². The zero-order valence-corrected chi connectivity index (χ0v) is 24.3. The number of urea groups is 1. The van der Waals surface area contributed by atoms with Crippen molar-refractivity contribution in [1.82, 2.24) is 19.8 Å². The van der Waals surface area contributed by atoms with Gasteiger partial charge in [0.05, 0.1) is 17.9 Å². The second kappa shape index (κ2) is 12.4. The van der Waals surface area contributed by atoms with Crippen molar-refractivity contribution in [2.75, 3.05) is 76.7 Å². The van der Waals surface area contributed by atoms with Gasteiger partial charge in [-0.25, -0.2) is 19.2 Å². The molecular formula is C28H37FN8O5. The molecule has 2 bridgehead atoms. The molecule has 2 aromatic heterocycles.